The van der Waals surface area contributed by atoms with Crippen LogP contribution in [0, 0.1) is 0 Å². The number of esters is 1. The molecule has 0 atom stereocenters. The minimum atomic E-state index is -0.451. The summed E-state index contributed by atoms with van der Waals surface area (Å²) in [6.07, 6.45) is 1.38. The topological polar surface area (TPSA) is 70.4 Å². The fourth-order valence-electron chi connectivity index (χ4n) is 2.30. The maximum absolute atomic E-state index is 12.5. The van der Waals surface area contributed by atoms with Gasteiger partial charge < -0.3 is 9.47 Å². The lowest BCUT2D eigenvalue weighted by Crippen LogP contribution is -2.25. The summed E-state index contributed by atoms with van der Waals surface area (Å²) in [7, 11) is 1.62. The molecule has 0 radical (unpaired) electrons. The maximum atomic E-state index is 12.5. The number of carbonyl (C=O) groups is 1. The summed E-state index contributed by atoms with van der Waals surface area (Å²) in [6, 6.07) is 9.47. The molecule has 0 aliphatic heterocycles. The lowest BCUT2D eigenvalue weighted by molar-refractivity contribution is -0.143. The number of aromatic nitrogens is 2. The highest BCUT2D eigenvalue weighted by molar-refractivity contribution is 7.22. The Hall–Kier alpha value is -2.67. The molecule has 0 N–H and O–H groups in total. The summed E-state index contributed by atoms with van der Waals surface area (Å²) in [5, 5.41) is 0. The first-order valence-electron chi connectivity index (χ1n) is 7.41. The Bertz CT molecular complexity index is 928. The zero-order valence-electron chi connectivity index (χ0n) is 13.3. The van der Waals surface area contributed by atoms with Crippen molar-refractivity contribution in [3.05, 3.63) is 47.0 Å². The molecule has 24 heavy (non-hydrogen) atoms. The van der Waals surface area contributed by atoms with Gasteiger partial charge in [-0.25, -0.2) is 4.98 Å². The van der Waals surface area contributed by atoms with Crippen molar-refractivity contribution in [3.63, 3.8) is 0 Å². The van der Waals surface area contributed by atoms with E-state index >= 15 is 0 Å². The largest absolute Gasteiger partial charge is 0.497 e. The second-order valence-electron chi connectivity index (χ2n) is 5.04. The van der Waals surface area contributed by atoms with E-state index in [-0.39, 0.29) is 18.7 Å². The second-order valence-corrected chi connectivity index (χ2v) is 6.09. The Labute approximate surface area is 142 Å². The second kappa shape index (κ2) is 6.84. The van der Waals surface area contributed by atoms with Gasteiger partial charge in [-0.2, -0.15) is 0 Å². The van der Waals surface area contributed by atoms with Gasteiger partial charge in [0.15, 0.2) is 0 Å². The lowest BCUT2D eigenvalue weighted by atomic mass is 10.2. The first-order chi connectivity index (χ1) is 11.6. The van der Waals surface area contributed by atoms with Gasteiger partial charge in [0.2, 0.25) is 0 Å². The van der Waals surface area contributed by atoms with Gasteiger partial charge >= 0.3 is 5.97 Å². The summed E-state index contributed by atoms with van der Waals surface area (Å²) in [6.45, 7) is 1.87. The smallest absolute Gasteiger partial charge is 0.326 e. The monoisotopic (exact) mass is 344 g/mol. The summed E-state index contributed by atoms with van der Waals surface area (Å²) in [4.78, 5) is 29.3. The van der Waals surface area contributed by atoms with Crippen molar-refractivity contribution in [1.29, 1.82) is 0 Å². The summed E-state index contributed by atoms with van der Waals surface area (Å²) in [5.74, 6) is 0.322. The zero-order valence-corrected chi connectivity index (χ0v) is 14.1. The molecular weight excluding hydrogens is 328 g/mol. The maximum Gasteiger partial charge on any atom is 0.326 e. The molecular formula is C17H16N2O4S. The lowest BCUT2D eigenvalue weighted by Gasteiger charge is -2.04. The third kappa shape index (κ3) is 3.16. The van der Waals surface area contributed by atoms with Crippen molar-refractivity contribution < 1.29 is 14.3 Å². The number of benzene rings is 1. The van der Waals surface area contributed by atoms with E-state index in [1.807, 2.05) is 30.3 Å². The summed E-state index contributed by atoms with van der Waals surface area (Å²) >= 11 is 1.36. The number of fused-ring (bicyclic) bond motifs is 1. The molecule has 2 heterocycles. The molecule has 0 unspecified atom stereocenters. The number of nitrogens with zero attached hydrogens (tertiary/aromatic N) is 2. The van der Waals surface area contributed by atoms with Crippen LogP contribution in [0.25, 0.3) is 20.7 Å². The molecule has 0 aliphatic rings. The number of thiophene rings is 1. The van der Waals surface area contributed by atoms with Crippen LogP contribution in [0.3, 0.4) is 0 Å². The van der Waals surface area contributed by atoms with Crippen LogP contribution in [0.5, 0.6) is 5.75 Å². The van der Waals surface area contributed by atoms with E-state index in [1.165, 1.54) is 22.2 Å². The molecule has 3 aromatic rings. The Morgan fingerprint density at radius 3 is 2.71 bits per heavy atom. The molecule has 0 spiro atoms. The van der Waals surface area contributed by atoms with Gasteiger partial charge in [-0.15, -0.1) is 11.3 Å². The van der Waals surface area contributed by atoms with Crippen LogP contribution in [0.1, 0.15) is 6.92 Å². The average Bonchev–Trinajstić information content (AvgIpc) is 3.03. The molecule has 0 bridgehead atoms. The number of rotatable bonds is 5. The molecule has 0 aliphatic carbocycles. The van der Waals surface area contributed by atoms with Crippen LogP contribution in [-0.4, -0.2) is 29.2 Å². The van der Waals surface area contributed by atoms with E-state index in [2.05, 4.69) is 4.98 Å². The van der Waals surface area contributed by atoms with Crippen molar-refractivity contribution in [3.8, 4) is 16.2 Å². The standard InChI is InChI=1S/C17H16N2O4S/c1-3-23-15(20)9-19-10-18-13-8-14(24-16(13)17(19)21)11-4-6-12(22-2)7-5-11/h4-8,10H,3,9H2,1-2H3. The molecule has 0 saturated heterocycles. The molecule has 6 nitrogen and oxygen atoms in total. The number of hydrogen-bond donors (Lipinski definition) is 0. The first kappa shape index (κ1) is 16.2. The SMILES string of the molecule is CCOC(=O)Cn1cnc2cc(-c3ccc(OC)cc3)sc2c1=O. The normalized spacial score (nSPS) is 10.8. The Kier molecular flexibility index (Phi) is 4.61. The van der Waals surface area contributed by atoms with Crippen LogP contribution >= 0.6 is 11.3 Å². The summed E-state index contributed by atoms with van der Waals surface area (Å²) < 4.78 is 11.8. The van der Waals surface area contributed by atoms with Gasteiger partial charge in [-0.3, -0.25) is 14.2 Å². The zero-order chi connectivity index (χ0) is 17.1. The molecule has 7 heteroatoms. The van der Waals surface area contributed by atoms with Crippen molar-refractivity contribution >= 4 is 27.5 Å². The van der Waals surface area contributed by atoms with Crippen molar-refractivity contribution in [2.75, 3.05) is 13.7 Å². The van der Waals surface area contributed by atoms with Crippen molar-refractivity contribution in [2.45, 2.75) is 13.5 Å². The van der Waals surface area contributed by atoms with E-state index in [4.69, 9.17) is 9.47 Å². The quantitative estimate of drug-likeness (QED) is 0.666. The number of carbonyl (C=O) groups excluding carboxylic acids is 1. The molecule has 0 saturated carbocycles. The van der Waals surface area contributed by atoms with E-state index in [1.54, 1.807) is 14.0 Å². The number of ether oxygens (including phenoxy) is 2. The van der Waals surface area contributed by atoms with Crippen LogP contribution in [-0.2, 0) is 16.1 Å². The van der Waals surface area contributed by atoms with Crippen LogP contribution in [0.4, 0.5) is 0 Å². The molecule has 2 aromatic heterocycles. The Morgan fingerprint density at radius 2 is 2.04 bits per heavy atom. The van der Waals surface area contributed by atoms with Gasteiger partial charge in [0.05, 0.1) is 25.6 Å². The Morgan fingerprint density at radius 1 is 1.29 bits per heavy atom. The van der Waals surface area contributed by atoms with Crippen molar-refractivity contribution in [1.82, 2.24) is 9.55 Å². The van der Waals surface area contributed by atoms with Gasteiger partial charge in [0, 0.05) is 4.88 Å². The highest BCUT2D eigenvalue weighted by atomic mass is 32.1. The van der Waals surface area contributed by atoms with Gasteiger partial charge in [-0.05, 0) is 42.8 Å². The highest BCUT2D eigenvalue weighted by Crippen LogP contribution is 2.31. The highest BCUT2D eigenvalue weighted by Gasteiger charge is 2.12. The predicted octanol–water partition coefficient (Wildman–Crippen LogP) is 2.70. The molecule has 3 rings (SSSR count). The minimum Gasteiger partial charge on any atom is -0.497 e. The predicted molar refractivity (Wildman–Crippen MR) is 92.5 cm³/mol. The third-order valence-corrected chi connectivity index (χ3v) is 4.64. The fourth-order valence-corrected chi connectivity index (χ4v) is 3.37. The summed E-state index contributed by atoms with van der Waals surface area (Å²) in [5.41, 5.74) is 1.36. The van der Waals surface area contributed by atoms with E-state index in [9.17, 15) is 9.59 Å². The van der Waals surface area contributed by atoms with E-state index in [0.717, 1.165) is 16.2 Å². The molecule has 0 fully saturated rings. The van der Waals surface area contributed by atoms with Crippen LogP contribution < -0.4 is 10.3 Å². The average molecular weight is 344 g/mol. The van der Waals surface area contributed by atoms with Crippen molar-refractivity contribution in [2.24, 2.45) is 0 Å². The van der Waals surface area contributed by atoms with Crippen LogP contribution in [0.15, 0.2) is 41.5 Å². The number of methoxy groups -OCH3 is 1. The third-order valence-electron chi connectivity index (χ3n) is 3.48. The van der Waals surface area contributed by atoms with Gasteiger partial charge in [0.1, 0.15) is 17.0 Å². The van der Waals surface area contributed by atoms with Gasteiger partial charge in [-0.1, -0.05) is 0 Å². The van der Waals surface area contributed by atoms with Crippen LogP contribution in [0.2, 0.25) is 0 Å². The molecule has 124 valence electrons. The molecule has 0 amide bonds. The van der Waals surface area contributed by atoms with Gasteiger partial charge in [0.25, 0.3) is 5.56 Å². The Balaban J connectivity index is 1.97. The first-order valence-corrected chi connectivity index (χ1v) is 8.23. The van der Waals surface area contributed by atoms with E-state index < -0.39 is 5.97 Å². The number of hydrogen-bond acceptors (Lipinski definition) is 6. The van der Waals surface area contributed by atoms with E-state index in [0.29, 0.717) is 10.2 Å². The minimum absolute atomic E-state index is 0.134. The molecule has 1 aromatic carbocycles. The fraction of sp³-hybridized carbons (Fsp3) is 0.235.